The number of imide groups is 1. The normalized spacial score (nSPS) is 21.8. The second-order valence-electron chi connectivity index (χ2n) is 8.42. The Balaban J connectivity index is 1.51. The molecule has 164 valence electrons. The molecule has 1 N–H and O–H groups in total. The number of ether oxygens (including phenoxy) is 1. The molecule has 1 unspecified atom stereocenters. The molecule has 1 atom stereocenters. The number of fused-ring (bicyclic) bond motifs is 1. The van der Waals surface area contributed by atoms with E-state index in [2.05, 4.69) is 10.1 Å². The smallest absolute Gasteiger partial charge is 0.465 e. The number of benzene rings is 1. The van der Waals surface area contributed by atoms with Crippen LogP contribution in [0.4, 0.5) is 10.5 Å². The quantitative estimate of drug-likeness (QED) is 0.577. The third-order valence-electron chi connectivity index (χ3n) is 6.48. The highest BCUT2D eigenvalue weighted by atomic mass is 16.5. The van der Waals surface area contributed by atoms with Gasteiger partial charge < -0.3 is 10.1 Å². The highest BCUT2D eigenvalue weighted by molar-refractivity contribution is 6.12. The summed E-state index contributed by atoms with van der Waals surface area (Å²) in [5, 5.41) is 2.78. The fourth-order valence-corrected chi connectivity index (χ4v) is 4.93. The van der Waals surface area contributed by atoms with E-state index in [-0.39, 0.29) is 36.3 Å². The average Bonchev–Trinajstić information content (AvgIpc) is 3.28. The van der Waals surface area contributed by atoms with Crippen LogP contribution < -0.4 is 5.32 Å². The van der Waals surface area contributed by atoms with Gasteiger partial charge in [-0.25, -0.2) is 9.59 Å². The first-order chi connectivity index (χ1) is 15.0. The Morgan fingerprint density at radius 2 is 1.77 bits per heavy atom. The highest BCUT2D eigenvalue weighted by Gasteiger charge is 2.52. The van der Waals surface area contributed by atoms with Gasteiger partial charge in [-0.3, -0.25) is 4.79 Å². The van der Waals surface area contributed by atoms with E-state index in [1.54, 1.807) is 24.3 Å². The van der Waals surface area contributed by atoms with Crippen molar-refractivity contribution in [1.29, 1.82) is 0 Å². The van der Waals surface area contributed by atoms with Crippen LogP contribution in [-0.2, 0) is 14.3 Å². The van der Waals surface area contributed by atoms with Gasteiger partial charge in [0, 0.05) is 12.1 Å². The van der Waals surface area contributed by atoms with Gasteiger partial charge in [-0.15, -0.1) is 0 Å². The van der Waals surface area contributed by atoms with E-state index in [0.29, 0.717) is 17.7 Å². The number of amides is 4. The van der Waals surface area contributed by atoms with Crippen molar-refractivity contribution in [2.75, 3.05) is 19.0 Å². The second kappa shape index (κ2) is 8.99. The first kappa shape index (κ1) is 21.2. The Labute approximate surface area is 181 Å². The van der Waals surface area contributed by atoms with Gasteiger partial charge in [0.2, 0.25) is 0 Å². The minimum Gasteiger partial charge on any atom is -0.465 e. The molecule has 8 nitrogen and oxygen atoms in total. The van der Waals surface area contributed by atoms with Gasteiger partial charge in [0.05, 0.1) is 18.4 Å². The van der Waals surface area contributed by atoms with E-state index in [4.69, 9.17) is 0 Å². The number of nitrogens with zero attached hydrogens (tertiary/aromatic N) is 2. The van der Waals surface area contributed by atoms with Crippen molar-refractivity contribution >= 4 is 35.2 Å². The number of nitrogens with one attached hydrogen (secondary N) is 1. The summed E-state index contributed by atoms with van der Waals surface area (Å²) in [6.45, 7) is -0.125. The number of hydrogen-bond donors (Lipinski definition) is 1. The lowest BCUT2D eigenvalue weighted by molar-refractivity contribution is -0.430. The summed E-state index contributed by atoms with van der Waals surface area (Å²) < 4.78 is 6.19. The summed E-state index contributed by atoms with van der Waals surface area (Å²) in [7, 11) is 1.31. The predicted octanol–water partition coefficient (Wildman–Crippen LogP) is 2.96. The summed E-state index contributed by atoms with van der Waals surface area (Å²) in [5.74, 6) is -1.16. The minimum atomic E-state index is -0.451. The maximum Gasteiger partial charge on any atom is 0.501 e. The monoisotopic (exact) mass is 426 g/mol. The zero-order chi connectivity index (χ0) is 22.0. The lowest BCUT2D eigenvalue weighted by atomic mass is 9.92. The summed E-state index contributed by atoms with van der Waals surface area (Å²) >= 11 is 0. The molecule has 0 aromatic heterocycles. The van der Waals surface area contributed by atoms with Gasteiger partial charge in [0.15, 0.2) is 6.54 Å². The van der Waals surface area contributed by atoms with Crippen LogP contribution in [0.3, 0.4) is 0 Å². The number of carbonyl (C=O) groups excluding carboxylic acids is 4. The number of esters is 1. The van der Waals surface area contributed by atoms with E-state index in [1.165, 1.54) is 16.6 Å². The van der Waals surface area contributed by atoms with Crippen LogP contribution >= 0.6 is 0 Å². The Hall–Kier alpha value is -3.03. The lowest BCUT2D eigenvalue weighted by Gasteiger charge is -2.31. The molecular formula is C23H28N3O5+. The summed E-state index contributed by atoms with van der Waals surface area (Å²) in [6.07, 6.45) is 7.10. The zero-order valence-electron chi connectivity index (χ0n) is 17.8. The first-order valence-electron chi connectivity index (χ1n) is 11.0. The van der Waals surface area contributed by atoms with E-state index >= 15 is 0 Å². The maximum absolute atomic E-state index is 13.3. The van der Waals surface area contributed by atoms with Crippen molar-refractivity contribution in [1.82, 2.24) is 4.90 Å². The largest absolute Gasteiger partial charge is 0.501 e. The standard InChI is InChI=1S/C23H27N3O5/c1-31-22(29)15-10-12-16(13-11-15)24-20(27)14-25-19-9-5-8-18(19)21(28)26(23(25)30)17-6-3-2-4-7-17/h10-13,17-18H,2-9,14H2,1H3/p+1. The third-order valence-corrected chi connectivity index (χ3v) is 6.48. The highest BCUT2D eigenvalue weighted by Crippen LogP contribution is 2.32. The average molecular weight is 426 g/mol. The van der Waals surface area contributed by atoms with Crippen molar-refractivity contribution in [3.63, 3.8) is 0 Å². The van der Waals surface area contributed by atoms with Crippen LogP contribution in [0.2, 0.25) is 0 Å². The third kappa shape index (κ3) is 4.24. The number of methoxy groups -OCH3 is 1. The number of carbonyl (C=O) groups is 4. The Morgan fingerprint density at radius 1 is 1.06 bits per heavy atom. The molecule has 0 spiro atoms. The van der Waals surface area contributed by atoms with Crippen LogP contribution in [0.5, 0.6) is 0 Å². The minimum absolute atomic E-state index is 0.0627. The molecule has 4 amide bonds. The molecule has 2 aliphatic carbocycles. The number of rotatable bonds is 5. The van der Waals surface area contributed by atoms with Crippen molar-refractivity contribution in [3.05, 3.63) is 29.8 Å². The molecule has 0 bridgehead atoms. The topological polar surface area (TPSA) is 95.8 Å². The van der Waals surface area contributed by atoms with Gasteiger partial charge in [-0.05, 0) is 62.8 Å². The second-order valence-corrected chi connectivity index (χ2v) is 8.42. The summed E-state index contributed by atoms with van der Waals surface area (Å²) in [5.41, 5.74) is 1.69. The van der Waals surface area contributed by atoms with Gasteiger partial charge in [-0.1, -0.05) is 6.42 Å². The molecule has 4 rings (SSSR count). The molecule has 8 heteroatoms. The molecule has 2 saturated carbocycles. The molecule has 0 radical (unpaired) electrons. The number of anilines is 1. The van der Waals surface area contributed by atoms with Crippen molar-refractivity contribution in [3.8, 4) is 0 Å². The van der Waals surface area contributed by atoms with Crippen LogP contribution in [0, 0.1) is 5.92 Å². The predicted molar refractivity (Wildman–Crippen MR) is 113 cm³/mol. The van der Waals surface area contributed by atoms with Crippen LogP contribution in [0.25, 0.3) is 0 Å². The number of urea groups is 1. The summed E-state index contributed by atoms with van der Waals surface area (Å²) in [4.78, 5) is 52.1. The molecule has 1 aromatic carbocycles. The van der Waals surface area contributed by atoms with E-state index in [9.17, 15) is 19.2 Å². The molecule has 3 aliphatic rings. The summed E-state index contributed by atoms with van der Waals surface area (Å²) in [6, 6.07) is 5.95. The maximum atomic E-state index is 13.3. The molecule has 0 saturated heterocycles. The number of hydrogen-bond acceptors (Lipinski definition) is 5. The Kier molecular flexibility index (Phi) is 6.15. The van der Waals surface area contributed by atoms with Gasteiger partial charge in [0.25, 0.3) is 5.91 Å². The van der Waals surface area contributed by atoms with Gasteiger partial charge in [-0.2, -0.15) is 14.3 Å². The van der Waals surface area contributed by atoms with E-state index in [1.807, 2.05) is 0 Å². The lowest BCUT2D eigenvalue weighted by Crippen LogP contribution is -2.58. The Bertz CT molecular complexity index is 931. The fourth-order valence-electron chi connectivity index (χ4n) is 4.93. The molecular weight excluding hydrogens is 398 g/mol. The fraction of sp³-hybridized carbons (Fsp3) is 0.522. The molecule has 1 aromatic rings. The molecule has 31 heavy (non-hydrogen) atoms. The van der Waals surface area contributed by atoms with Crippen molar-refractivity contribution < 1.29 is 28.5 Å². The molecule has 1 aliphatic heterocycles. The van der Waals surface area contributed by atoms with Crippen molar-refractivity contribution in [2.24, 2.45) is 5.92 Å². The van der Waals surface area contributed by atoms with Crippen molar-refractivity contribution in [2.45, 2.75) is 57.4 Å². The molecule has 2 fully saturated rings. The molecule has 1 heterocycles. The van der Waals surface area contributed by atoms with Crippen LogP contribution in [0.15, 0.2) is 24.3 Å². The Morgan fingerprint density at radius 3 is 2.45 bits per heavy atom. The van der Waals surface area contributed by atoms with Crippen LogP contribution in [-0.4, -0.2) is 58.7 Å². The van der Waals surface area contributed by atoms with Gasteiger partial charge >= 0.3 is 17.9 Å². The van der Waals surface area contributed by atoms with Gasteiger partial charge in [0.1, 0.15) is 12.0 Å². The van der Waals surface area contributed by atoms with E-state index < -0.39 is 5.97 Å². The SMILES string of the molecule is COC(=O)c1ccc(NC(=O)C[N+]2=C3CCCC3C(=O)N(C3CCCCC3)C2=O)cc1. The van der Waals surface area contributed by atoms with Crippen LogP contribution in [0.1, 0.15) is 61.7 Å². The van der Waals surface area contributed by atoms with E-state index in [0.717, 1.165) is 50.7 Å². The zero-order valence-corrected chi connectivity index (χ0v) is 17.8. The first-order valence-corrected chi connectivity index (χ1v) is 11.0.